The SMILES string of the molecule is Cc1ccc(C(=O)CCl)c(OC(F)(F)F)c1. The van der Waals surface area contributed by atoms with E-state index in [1.165, 1.54) is 12.1 Å². The van der Waals surface area contributed by atoms with Gasteiger partial charge in [-0.05, 0) is 24.6 Å². The minimum absolute atomic E-state index is 0.169. The van der Waals surface area contributed by atoms with Gasteiger partial charge in [0.1, 0.15) is 5.75 Å². The number of halogens is 4. The smallest absolute Gasteiger partial charge is 0.405 e. The molecular formula is C10H8ClF3O2. The lowest BCUT2D eigenvalue weighted by Gasteiger charge is -2.12. The van der Waals surface area contributed by atoms with Crippen molar-refractivity contribution < 1.29 is 22.7 Å². The van der Waals surface area contributed by atoms with Crippen LogP contribution in [0, 0.1) is 6.92 Å². The minimum atomic E-state index is -4.82. The summed E-state index contributed by atoms with van der Waals surface area (Å²) in [6.07, 6.45) is -4.82. The Morgan fingerprint density at radius 2 is 2.06 bits per heavy atom. The maximum atomic E-state index is 12.1. The summed E-state index contributed by atoms with van der Waals surface area (Å²) in [5.74, 6) is -1.52. The number of ketones is 1. The van der Waals surface area contributed by atoms with Crippen molar-refractivity contribution in [1.29, 1.82) is 0 Å². The van der Waals surface area contributed by atoms with Gasteiger partial charge in [0.2, 0.25) is 0 Å². The Bertz CT molecular complexity index is 402. The van der Waals surface area contributed by atoms with Crippen LogP contribution in [-0.4, -0.2) is 18.0 Å². The monoisotopic (exact) mass is 252 g/mol. The van der Waals surface area contributed by atoms with Crippen molar-refractivity contribution in [3.8, 4) is 5.75 Å². The Morgan fingerprint density at radius 1 is 1.44 bits per heavy atom. The number of aryl methyl sites for hydroxylation is 1. The molecular weight excluding hydrogens is 245 g/mol. The van der Waals surface area contributed by atoms with Crippen LogP contribution in [0.25, 0.3) is 0 Å². The lowest BCUT2D eigenvalue weighted by atomic mass is 10.1. The van der Waals surface area contributed by atoms with Crippen molar-refractivity contribution in [3.63, 3.8) is 0 Å². The van der Waals surface area contributed by atoms with E-state index in [-0.39, 0.29) is 5.56 Å². The summed E-state index contributed by atoms with van der Waals surface area (Å²) in [7, 11) is 0. The van der Waals surface area contributed by atoms with Crippen molar-refractivity contribution in [2.45, 2.75) is 13.3 Å². The lowest BCUT2D eigenvalue weighted by molar-refractivity contribution is -0.274. The van der Waals surface area contributed by atoms with E-state index in [1.807, 2.05) is 0 Å². The Morgan fingerprint density at radius 3 is 2.56 bits per heavy atom. The van der Waals surface area contributed by atoms with Crippen LogP contribution in [-0.2, 0) is 0 Å². The zero-order valence-electron chi connectivity index (χ0n) is 8.27. The Balaban J connectivity index is 3.13. The quantitative estimate of drug-likeness (QED) is 0.609. The van der Waals surface area contributed by atoms with E-state index in [0.717, 1.165) is 6.07 Å². The van der Waals surface area contributed by atoms with E-state index in [2.05, 4.69) is 4.74 Å². The first-order valence-electron chi connectivity index (χ1n) is 4.29. The molecule has 0 bridgehead atoms. The van der Waals surface area contributed by atoms with Gasteiger partial charge >= 0.3 is 6.36 Å². The second kappa shape index (κ2) is 4.74. The van der Waals surface area contributed by atoms with Gasteiger partial charge in [-0.15, -0.1) is 24.8 Å². The zero-order chi connectivity index (χ0) is 12.3. The number of carbonyl (C=O) groups is 1. The number of carbonyl (C=O) groups excluding carboxylic acids is 1. The molecule has 0 aromatic heterocycles. The van der Waals surface area contributed by atoms with Crippen LogP contribution in [0.3, 0.4) is 0 Å². The highest BCUT2D eigenvalue weighted by atomic mass is 35.5. The number of hydrogen-bond acceptors (Lipinski definition) is 2. The molecule has 1 aromatic rings. The molecule has 16 heavy (non-hydrogen) atoms. The van der Waals surface area contributed by atoms with Crippen LogP contribution in [0.2, 0.25) is 0 Å². The van der Waals surface area contributed by atoms with E-state index in [9.17, 15) is 18.0 Å². The first kappa shape index (κ1) is 12.8. The standard InChI is InChI=1S/C10H8ClF3O2/c1-6-2-3-7(8(15)5-11)9(4-6)16-10(12,13)14/h2-4H,5H2,1H3. The van der Waals surface area contributed by atoms with E-state index in [0.29, 0.717) is 5.56 Å². The van der Waals surface area contributed by atoms with Gasteiger partial charge in [-0.2, -0.15) is 0 Å². The molecule has 0 heterocycles. The molecule has 88 valence electrons. The molecule has 0 amide bonds. The summed E-state index contributed by atoms with van der Waals surface area (Å²) >= 11 is 5.28. The highest BCUT2D eigenvalue weighted by Crippen LogP contribution is 2.27. The van der Waals surface area contributed by atoms with E-state index < -0.39 is 23.8 Å². The molecule has 0 fully saturated rings. The third-order valence-corrected chi connectivity index (χ3v) is 2.03. The highest BCUT2D eigenvalue weighted by molar-refractivity contribution is 6.30. The number of ether oxygens (including phenoxy) is 1. The second-order valence-corrected chi connectivity index (χ2v) is 3.37. The predicted molar refractivity (Wildman–Crippen MR) is 52.9 cm³/mol. The fraction of sp³-hybridized carbons (Fsp3) is 0.300. The Labute approximate surface area is 95.0 Å². The molecule has 6 heteroatoms. The summed E-state index contributed by atoms with van der Waals surface area (Å²) in [6.45, 7) is 1.60. The third kappa shape index (κ3) is 3.41. The number of rotatable bonds is 3. The molecule has 2 nitrogen and oxygen atoms in total. The summed E-state index contributed by atoms with van der Waals surface area (Å²) in [4.78, 5) is 11.3. The van der Waals surface area contributed by atoms with Gasteiger partial charge in [0.25, 0.3) is 0 Å². The largest absolute Gasteiger partial charge is 0.573 e. The molecule has 0 aliphatic heterocycles. The maximum Gasteiger partial charge on any atom is 0.573 e. The first-order valence-corrected chi connectivity index (χ1v) is 4.82. The zero-order valence-corrected chi connectivity index (χ0v) is 9.02. The normalized spacial score (nSPS) is 11.3. The average Bonchev–Trinajstić information content (AvgIpc) is 2.14. The van der Waals surface area contributed by atoms with E-state index >= 15 is 0 Å². The molecule has 0 spiro atoms. The van der Waals surface area contributed by atoms with Crippen molar-refractivity contribution in [1.82, 2.24) is 0 Å². The second-order valence-electron chi connectivity index (χ2n) is 3.10. The third-order valence-electron chi connectivity index (χ3n) is 1.78. The van der Waals surface area contributed by atoms with Gasteiger partial charge < -0.3 is 4.74 Å². The van der Waals surface area contributed by atoms with Gasteiger partial charge in [-0.1, -0.05) is 6.07 Å². The van der Waals surface area contributed by atoms with E-state index in [4.69, 9.17) is 11.6 Å². The number of benzene rings is 1. The number of Topliss-reactive ketones (excluding diaryl/α,β-unsaturated/α-hetero) is 1. The van der Waals surface area contributed by atoms with Gasteiger partial charge in [0.15, 0.2) is 5.78 Å². The van der Waals surface area contributed by atoms with Crippen LogP contribution in [0.1, 0.15) is 15.9 Å². The number of alkyl halides is 4. The van der Waals surface area contributed by atoms with Crippen LogP contribution in [0.5, 0.6) is 5.75 Å². The molecule has 0 aliphatic rings. The van der Waals surface area contributed by atoms with Gasteiger partial charge in [0.05, 0.1) is 11.4 Å². The van der Waals surface area contributed by atoms with Crippen LogP contribution < -0.4 is 4.74 Å². The summed E-state index contributed by atoms with van der Waals surface area (Å²) in [5.41, 5.74) is 0.392. The van der Waals surface area contributed by atoms with Crippen molar-refractivity contribution in [3.05, 3.63) is 29.3 Å². The van der Waals surface area contributed by atoms with Gasteiger partial charge in [-0.25, -0.2) is 0 Å². The van der Waals surface area contributed by atoms with Crippen molar-refractivity contribution in [2.75, 3.05) is 5.88 Å². The van der Waals surface area contributed by atoms with E-state index in [1.54, 1.807) is 6.92 Å². The summed E-state index contributed by atoms with van der Waals surface area (Å²) < 4.78 is 39.9. The van der Waals surface area contributed by atoms with Crippen molar-refractivity contribution >= 4 is 17.4 Å². The average molecular weight is 253 g/mol. The maximum absolute atomic E-state index is 12.1. The predicted octanol–water partition coefficient (Wildman–Crippen LogP) is 3.32. The first-order chi connectivity index (χ1) is 7.33. The van der Waals surface area contributed by atoms with Crippen molar-refractivity contribution in [2.24, 2.45) is 0 Å². The molecule has 0 radical (unpaired) electrons. The summed E-state index contributed by atoms with van der Waals surface area (Å²) in [5, 5.41) is 0. The minimum Gasteiger partial charge on any atom is -0.405 e. The fourth-order valence-corrected chi connectivity index (χ4v) is 1.28. The molecule has 1 rings (SSSR count). The van der Waals surface area contributed by atoms with Crippen LogP contribution in [0.4, 0.5) is 13.2 Å². The fourth-order valence-electron chi connectivity index (χ4n) is 1.14. The Kier molecular flexibility index (Phi) is 3.80. The Hall–Kier alpha value is -1.23. The lowest BCUT2D eigenvalue weighted by Crippen LogP contribution is -2.19. The topological polar surface area (TPSA) is 26.3 Å². The molecule has 0 aliphatic carbocycles. The molecule has 0 atom stereocenters. The molecule has 0 saturated heterocycles. The number of hydrogen-bond donors (Lipinski definition) is 0. The van der Waals surface area contributed by atoms with Gasteiger partial charge in [-0.3, -0.25) is 4.79 Å². The van der Waals surface area contributed by atoms with Gasteiger partial charge in [0, 0.05) is 0 Å². The highest BCUT2D eigenvalue weighted by Gasteiger charge is 2.32. The summed E-state index contributed by atoms with van der Waals surface area (Å²) in [6, 6.07) is 3.93. The van der Waals surface area contributed by atoms with Crippen LogP contribution in [0.15, 0.2) is 18.2 Å². The molecule has 1 aromatic carbocycles. The molecule has 0 saturated carbocycles. The molecule has 0 unspecified atom stereocenters. The van der Waals surface area contributed by atoms with Crippen LogP contribution >= 0.6 is 11.6 Å². The molecule has 0 N–H and O–H groups in total.